The number of thiophene rings is 1. The van der Waals surface area contributed by atoms with Gasteiger partial charge in [-0.15, -0.1) is 11.3 Å². The maximum atomic E-state index is 13.2. The zero-order chi connectivity index (χ0) is 21.3. The molecule has 0 unspecified atom stereocenters. The van der Waals surface area contributed by atoms with Gasteiger partial charge in [-0.1, -0.05) is 13.0 Å². The second-order valence-corrected chi connectivity index (χ2v) is 8.31. The average Bonchev–Trinajstić information content (AvgIpc) is 3.20. The van der Waals surface area contributed by atoms with E-state index in [-0.39, 0.29) is 5.91 Å². The normalized spacial score (nSPS) is 14.3. The summed E-state index contributed by atoms with van der Waals surface area (Å²) in [7, 11) is 3.13. The monoisotopic (exact) mass is 426 g/mol. The molecule has 1 saturated heterocycles. The SMILES string of the molecule is CCc1cc2c(N3CCN(C(=O)c4c(OC)cccc4OC)CC3)nc(C)nc2s1. The van der Waals surface area contributed by atoms with Crippen LogP contribution in [-0.4, -0.2) is 61.2 Å². The molecule has 0 atom stereocenters. The number of aromatic nitrogens is 2. The lowest BCUT2D eigenvalue weighted by Gasteiger charge is -2.36. The highest BCUT2D eigenvalue weighted by atomic mass is 32.1. The number of hydrogen-bond acceptors (Lipinski definition) is 7. The Kier molecular flexibility index (Phi) is 5.76. The number of hydrogen-bond donors (Lipinski definition) is 0. The first-order valence-electron chi connectivity index (χ1n) is 10.1. The highest BCUT2D eigenvalue weighted by Crippen LogP contribution is 2.33. The Bertz CT molecular complexity index is 1050. The quantitative estimate of drug-likeness (QED) is 0.622. The van der Waals surface area contributed by atoms with Crippen molar-refractivity contribution in [2.45, 2.75) is 20.3 Å². The first-order valence-corrected chi connectivity index (χ1v) is 10.9. The second-order valence-electron chi connectivity index (χ2n) is 7.20. The molecule has 2 aromatic heterocycles. The predicted molar refractivity (Wildman–Crippen MR) is 119 cm³/mol. The van der Waals surface area contributed by atoms with Crippen LogP contribution in [-0.2, 0) is 6.42 Å². The molecule has 30 heavy (non-hydrogen) atoms. The van der Waals surface area contributed by atoms with Crippen molar-refractivity contribution in [3.8, 4) is 11.5 Å². The Balaban J connectivity index is 1.56. The molecule has 0 radical (unpaired) electrons. The number of carbonyl (C=O) groups is 1. The summed E-state index contributed by atoms with van der Waals surface area (Å²) in [6.07, 6.45) is 0.989. The van der Waals surface area contributed by atoms with Crippen molar-refractivity contribution in [1.29, 1.82) is 0 Å². The molecule has 8 heteroatoms. The predicted octanol–water partition coefficient (Wildman–Crippen LogP) is 3.54. The number of amides is 1. The van der Waals surface area contributed by atoms with Crippen LogP contribution >= 0.6 is 11.3 Å². The fourth-order valence-electron chi connectivity index (χ4n) is 3.82. The van der Waals surface area contributed by atoms with Gasteiger partial charge in [0, 0.05) is 31.1 Å². The topological polar surface area (TPSA) is 67.8 Å². The standard InChI is InChI=1S/C22H26N4O3S/c1-5-15-13-16-20(23-14(2)24-21(16)30-15)25-9-11-26(12-10-25)22(27)19-17(28-3)7-6-8-18(19)29-4/h6-8,13H,5,9-12H2,1-4H3. The van der Waals surface area contributed by atoms with Gasteiger partial charge < -0.3 is 19.3 Å². The molecule has 1 amide bonds. The Morgan fingerprint density at radius 3 is 2.37 bits per heavy atom. The van der Waals surface area contributed by atoms with E-state index in [0.717, 1.165) is 28.3 Å². The molecular weight excluding hydrogens is 400 g/mol. The lowest BCUT2D eigenvalue weighted by atomic mass is 10.1. The summed E-state index contributed by atoms with van der Waals surface area (Å²) < 4.78 is 10.8. The van der Waals surface area contributed by atoms with Crippen molar-refractivity contribution >= 4 is 33.3 Å². The fourth-order valence-corrected chi connectivity index (χ4v) is 4.82. The first-order chi connectivity index (χ1) is 14.5. The third kappa shape index (κ3) is 3.67. The lowest BCUT2D eigenvalue weighted by Crippen LogP contribution is -2.49. The minimum absolute atomic E-state index is 0.0724. The maximum Gasteiger partial charge on any atom is 0.261 e. The summed E-state index contributed by atoms with van der Waals surface area (Å²) in [5, 5.41) is 1.11. The number of carbonyl (C=O) groups excluding carboxylic acids is 1. The largest absolute Gasteiger partial charge is 0.496 e. The maximum absolute atomic E-state index is 13.2. The highest BCUT2D eigenvalue weighted by molar-refractivity contribution is 7.18. The average molecular weight is 427 g/mol. The van der Waals surface area contributed by atoms with Crippen LogP contribution in [0.25, 0.3) is 10.2 Å². The number of benzene rings is 1. The molecule has 3 aromatic rings. The van der Waals surface area contributed by atoms with E-state index in [4.69, 9.17) is 14.5 Å². The van der Waals surface area contributed by atoms with E-state index in [9.17, 15) is 4.79 Å². The summed E-state index contributed by atoms with van der Waals surface area (Å²) in [6.45, 7) is 6.73. The fraction of sp³-hybridized carbons (Fsp3) is 0.409. The Hall–Kier alpha value is -2.87. The molecule has 0 saturated carbocycles. The number of ether oxygens (including phenoxy) is 2. The molecule has 0 spiro atoms. The summed E-state index contributed by atoms with van der Waals surface area (Å²) in [5.74, 6) is 2.73. The number of aryl methyl sites for hydroxylation is 2. The van der Waals surface area contributed by atoms with Crippen molar-refractivity contribution in [1.82, 2.24) is 14.9 Å². The van der Waals surface area contributed by atoms with Crippen LogP contribution < -0.4 is 14.4 Å². The molecule has 158 valence electrons. The smallest absolute Gasteiger partial charge is 0.261 e. The molecule has 0 aliphatic carbocycles. The van der Waals surface area contributed by atoms with Crippen LogP contribution in [0, 0.1) is 6.92 Å². The third-order valence-corrected chi connectivity index (χ3v) is 6.57. The Morgan fingerprint density at radius 2 is 1.77 bits per heavy atom. The molecule has 7 nitrogen and oxygen atoms in total. The van der Waals surface area contributed by atoms with Crippen LogP contribution in [0.2, 0.25) is 0 Å². The van der Waals surface area contributed by atoms with Crippen LogP contribution in [0.1, 0.15) is 28.0 Å². The molecule has 3 heterocycles. The minimum atomic E-state index is -0.0724. The highest BCUT2D eigenvalue weighted by Gasteiger charge is 2.28. The van der Waals surface area contributed by atoms with E-state index in [0.29, 0.717) is 43.2 Å². The Morgan fingerprint density at radius 1 is 1.10 bits per heavy atom. The van der Waals surface area contributed by atoms with Gasteiger partial charge in [0.2, 0.25) is 0 Å². The molecular formula is C22H26N4O3S. The second kappa shape index (κ2) is 8.47. The minimum Gasteiger partial charge on any atom is -0.496 e. The third-order valence-electron chi connectivity index (χ3n) is 5.39. The van der Waals surface area contributed by atoms with E-state index >= 15 is 0 Å². The molecule has 1 aliphatic heterocycles. The van der Waals surface area contributed by atoms with Crippen molar-refractivity contribution in [3.05, 3.63) is 40.5 Å². The molecule has 1 aliphatic rings. The van der Waals surface area contributed by atoms with Gasteiger partial charge in [-0.2, -0.15) is 0 Å². The van der Waals surface area contributed by atoms with Crippen LogP contribution in [0.15, 0.2) is 24.3 Å². The number of methoxy groups -OCH3 is 2. The van der Waals surface area contributed by atoms with Crippen molar-refractivity contribution in [2.24, 2.45) is 0 Å². The van der Waals surface area contributed by atoms with Crippen molar-refractivity contribution in [3.63, 3.8) is 0 Å². The lowest BCUT2D eigenvalue weighted by molar-refractivity contribution is 0.0739. The van der Waals surface area contributed by atoms with Gasteiger partial charge in [0.15, 0.2) is 0 Å². The number of rotatable bonds is 5. The van der Waals surface area contributed by atoms with Crippen LogP contribution in [0.4, 0.5) is 5.82 Å². The molecule has 0 bridgehead atoms. The van der Waals surface area contributed by atoms with E-state index in [2.05, 4.69) is 22.9 Å². The van der Waals surface area contributed by atoms with Gasteiger partial charge in [-0.05, 0) is 31.5 Å². The summed E-state index contributed by atoms with van der Waals surface area (Å²) in [4.78, 5) is 29.0. The summed E-state index contributed by atoms with van der Waals surface area (Å²) in [6, 6.07) is 7.59. The van der Waals surface area contributed by atoms with Gasteiger partial charge in [0.25, 0.3) is 5.91 Å². The molecule has 1 fully saturated rings. The molecule has 0 N–H and O–H groups in total. The summed E-state index contributed by atoms with van der Waals surface area (Å²) in [5.41, 5.74) is 0.474. The first kappa shape index (κ1) is 20.4. The van der Waals surface area contributed by atoms with E-state index in [1.165, 1.54) is 4.88 Å². The number of fused-ring (bicyclic) bond motifs is 1. The van der Waals surface area contributed by atoms with Gasteiger partial charge in [-0.3, -0.25) is 4.79 Å². The number of piperazine rings is 1. The van der Waals surface area contributed by atoms with Gasteiger partial charge in [0.05, 0.1) is 19.6 Å². The van der Waals surface area contributed by atoms with Crippen molar-refractivity contribution < 1.29 is 14.3 Å². The van der Waals surface area contributed by atoms with Gasteiger partial charge in [0.1, 0.15) is 33.5 Å². The Labute approximate surface area is 180 Å². The molecule has 1 aromatic carbocycles. The van der Waals surface area contributed by atoms with Gasteiger partial charge in [-0.25, -0.2) is 9.97 Å². The summed E-state index contributed by atoms with van der Waals surface area (Å²) >= 11 is 1.73. The van der Waals surface area contributed by atoms with E-state index in [1.54, 1.807) is 37.7 Å². The van der Waals surface area contributed by atoms with Gasteiger partial charge >= 0.3 is 0 Å². The van der Waals surface area contributed by atoms with Crippen molar-refractivity contribution in [2.75, 3.05) is 45.3 Å². The van der Waals surface area contributed by atoms with E-state index < -0.39 is 0 Å². The zero-order valence-electron chi connectivity index (χ0n) is 17.8. The van der Waals surface area contributed by atoms with Crippen LogP contribution in [0.3, 0.4) is 0 Å². The molecule has 4 rings (SSSR count). The number of nitrogens with zero attached hydrogens (tertiary/aromatic N) is 4. The van der Waals surface area contributed by atoms with Crippen LogP contribution in [0.5, 0.6) is 11.5 Å². The number of anilines is 1. The zero-order valence-corrected chi connectivity index (χ0v) is 18.6. The van der Waals surface area contributed by atoms with E-state index in [1.807, 2.05) is 17.9 Å².